The van der Waals surface area contributed by atoms with Gasteiger partial charge in [-0.05, 0) is 0 Å². The van der Waals surface area contributed by atoms with E-state index in [0.29, 0.717) is 0 Å². The van der Waals surface area contributed by atoms with Gasteiger partial charge in [-0.2, -0.15) is 0 Å². The molecule has 25 nitrogen and oxygen atoms in total. The van der Waals surface area contributed by atoms with Gasteiger partial charge in [-0.1, -0.05) is 0 Å². The lowest BCUT2D eigenvalue weighted by Crippen LogP contribution is -2.59. The lowest BCUT2D eigenvalue weighted by molar-refractivity contribution is -0.288. The van der Waals surface area contributed by atoms with Crippen LogP contribution in [0.1, 0.15) is 0 Å². The van der Waals surface area contributed by atoms with Crippen LogP contribution in [0, 0.1) is 0 Å². The predicted molar refractivity (Wildman–Crippen MR) is 134 cm³/mol. The smallest absolute Gasteiger partial charge is 0.394 e. The third kappa shape index (κ3) is 10.2. The number of aliphatic hydroxyl groups excluding tert-OH is 10. The summed E-state index contributed by atoms with van der Waals surface area (Å²) >= 11 is 0. The molecule has 0 radical (unpaired) electrons. The van der Waals surface area contributed by atoms with Crippen molar-refractivity contribution < 1.29 is 121 Å². The van der Waals surface area contributed by atoms with Crippen molar-refractivity contribution >= 4 is 23.5 Å². The second-order valence-corrected chi connectivity index (χ2v) is 14.1. The summed E-state index contributed by atoms with van der Waals surface area (Å²) in [6.07, 6.45) is -31.1. The minimum Gasteiger partial charge on any atom is -0.394 e. The van der Waals surface area contributed by atoms with Crippen LogP contribution in [0.3, 0.4) is 0 Å². The van der Waals surface area contributed by atoms with E-state index in [1.54, 1.807) is 0 Å². The van der Waals surface area contributed by atoms with E-state index in [0.717, 1.165) is 0 Å². The van der Waals surface area contributed by atoms with Crippen LogP contribution in [-0.2, 0) is 50.5 Å². The van der Waals surface area contributed by atoms with Crippen molar-refractivity contribution in [2.75, 3.05) is 19.8 Å². The predicted octanol–water partition coefficient (Wildman–Crippen LogP) is -7.22. The van der Waals surface area contributed by atoms with E-state index in [-0.39, 0.29) is 0 Å². The first-order valence-electron chi connectivity index (χ1n) is 12.8. The van der Waals surface area contributed by atoms with E-state index < -0.39 is 135 Å². The van der Waals surface area contributed by atoms with Crippen molar-refractivity contribution in [2.24, 2.45) is 0 Å². The van der Waals surface area contributed by atoms with Gasteiger partial charge in [0.2, 0.25) is 0 Å². The van der Waals surface area contributed by atoms with Gasteiger partial charge >= 0.3 is 23.5 Å². The topological polar surface area (TPSA) is 408 Å². The summed E-state index contributed by atoms with van der Waals surface area (Å²) in [4.78, 5) is 38.0. The largest absolute Gasteiger partial charge is 0.474 e. The molecule has 0 saturated carbocycles. The molecule has 2 unspecified atom stereocenters. The van der Waals surface area contributed by atoms with Crippen molar-refractivity contribution in [3.05, 3.63) is 0 Å². The molecule has 28 heteroatoms. The number of hydrogen-bond donors (Lipinski definition) is 14. The maximum Gasteiger partial charge on any atom is 0.474 e. The zero-order chi connectivity index (χ0) is 34.9. The molecule has 14 N–H and O–H groups in total. The third-order valence-corrected chi connectivity index (χ3v) is 9.09. The molecule has 0 aromatic carbocycles. The first kappa shape index (κ1) is 40.2. The van der Waals surface area contributed by atoms with Gasteiger partial charge in [-0.25, -0.2) is 13.7 Å². The lowest BCUT2D eigenvalue weighted by Gasteiger charge is -2.41. The number of hydrogen-bond acceptors (Lipinski definition) is 21. The van der Waals surface area contributed by atoms with Gasteiger partial charge in [0.25, 0.3) is 0 Å². The zero-order valence-corrected chi connectivity index (χ0v) is 25.6. The fourth-order valence-electron chi connectivity index (χ4n) is 4.23. The fraction of sp³-hybridized carbons (Fsp3) is 1.00. The Hall–Kier alpha value is -0.190. The van der Waals surface area contributed by atoms with E-state index >= 15 is 0 Å². The average molecular weight is 744 g/mol. The van der Waals surface area contributed by atoms with Gasteiger partial charge in [-0.3, -0.25) is 22.6 Å². The summed E-state index contributed by atoms with van der Waals surface area (Å²) in [5, 5.41) is 99.0. The molecule has 0 aromatic rings. The van der Waals surface area contributed by atoms with E-state index in [4.69, 9.17) is 24.0 Å². The Morgan fingerprint density at radius 1 is 0.457 bits per heavy atom. The molecule has 0 aromatic heterocycles. The Kier molecular flexibility index (Phi) is 13.8. The molecular formula is C18H35O25P3. The molecule has 272 valence electrons. The van der Waals surface area contributed by atoms with Crippen LogP contribution in [0.4, 0.5) is 0 Å². The molecule has 3 aliphatic rings. The standard InChI is InChI=1S/C18H35O25P3/c19-1-4-7(20)10(23)14(27)17(38-4)42-45(32,33)37-3-6-9(22)12(25)15(28)18(40-6)43-46(34,35)36-2-5-8(21)11(24)13(26)16(39-5)41-44(29,30)31/h4-28H,1-3H2,(H,32,33)(H,34,35)(H2,29,30,31)/t4-,5-,6-,7-,8-,9-,10-,11-,12-,13-,14+,15-,16-,17-,18-/m1/s1. The van der Waals surface area contributed by atoms with Crippen molar-refractivity contribution in [2.45, 2.75) is 92.1 Å². The molecule has 0 bridgehead atoms. The van der Waals surface area contributed by atoms with E-state index in [1.807, 2.05) is 0 Å². The van der Waals surface area contributed by atoms with Gasteiger partial charge in [0.05, 0.1) is 19.8 Å². The molecule has 3 heterocycles. The van der Waals surface area contributed by atoms with Crippen LogP contribution in [0.25, 0.3) is 0 Å². The highest BCUT2D eigenvalue weighted by Gasteiger charge is 2.51. The van der Waals surface area contributed by atoms with E-state index in [2.05, 4.69) is 22.6 Å². The van der Waals surface area contributed by atoms with Crippen LogP contribution in [0.15, 0.2) is 0 Å². The van der Waals surface area contributed by atoms with E-state index in [9.17, 15) is 74.5 Å². The quantitative estimate of drug-likeness (QED) is 0.0779. The van der Waals surface area contributed by atoms with Crippen molar-refractivity contribution in [1.82, 2.24) is 0 Å². The summed E-state index contributed by atoms with van der Waals surface area (Å²) in [6, 6.07) is 0. The summed E-state index contributed by atoms with van der Waals surface area (Å²) in [5.74, 6) is 0. The molecule has 3 saturated heterocycles. The molecule has 17 atom stereocenters. The van der Waals surface area contributed by atoms with Crippen LogP contribution < -0.4 is 0 Å². The van der Waals surface area contributed by atoms with Crippen molar-refractivity contribution in [3.63, 3.8) is 0 Å². The Morgan fingerprint density at radius 3 is 1.09 bits per heavy atom. The molecule has 3 fully saturated rings. The van der Waals surface area contributed by atoms with E-state index in [1.165, 1.54) is 0 Å². The van der Waals surface area contributed by atoms with Gasteiger partial charge in [-0.15, -0.1) is 0 Å². The van der Waals surface area contributed by atoms with Crippen molar-refractivity contribution in [1.29, 1.82) is 0 Å². The Morgan fingerprint density at radius 2 is 0.761 bits per heavy atom. The Labute approximate surface area is 257 Å². The Bertz CT molecular complexity index is 1140. The highest BCUT2D eigenvalue weighted by molar-refractivity contribution is 7.47. The normalized spacial score (nSPS) is 45.1. The van der Waals surface area contributed by atoms with Gasteiger partial charge in [0.1, 0.15) is 73.2 Å². The van der Waals surface area contributed by atoms with Gasteiger partial charge < -0.3 is 84.8 Å². The van der Waals surface area contributed by atoms with Gasteiger partial charge in [0, 0.05) is 0 Å². The first-order valence-corrected chi connectivity index (χ1v) is 17.3. The Balaban J connectivity index is 1.60. The molecule has 3 aliphatic heterocycles. The maximum atomic E-state index is 12.5. The molecule has 46 heavy (non-hydrogen) atoms. The number of ether oxygens (including phenoxy) is 3. The minimum absolute atomic E-state index is 0.908. The van der Waals surface area contributed by atoms with Crippen LogP contribution in [-0.4, -0.2) is 183 Å². The maximum absolute atomic E-state index is 12.5. The monoisotopic (exact) mass is 744 g/mol. The molecule has 0 amide bonds. The van der Waals surface area contributed by atoms with Crippen LogP contribution >= 0.6 is 23.5 Å². The number of phosphoric ester groups is 3. The summed E-state index contributed by atoms with van der Waals surface area (Å²) in [5.41, 5.74) is 0. The highest BCUT2D eigenvalue weighted by atomic mass is 31.2. The number of phosphoric acid groups is 3. The fourth-order valence-corrected chi connectivity index (χ4v) is 6.34. The average Bonchev–Trinajstić information content (AvgIpc) is 2.96. The first-order chi connectivity index (χ1) is 21.1. The van der Waals surface area contributed by atoms with Crippen LogP contribution in [0.2, 0.25) is 0 Å². The zero-order valence-electron chi connectivity index (χ0n) is 22.9. The molecule has 3 rings (SSSR count). The second kappa shape index (κ2) is 15.8. The molecule has 0 aliphatic carbocycles. The SMILES string of the molecule is O=P(O)(O)O[C@H]1O[C@H](COP(=O)(O)O[C@H]2O[C@H](COP(=O)(O)O[C@H]3O[C@H](CO)[C@@H](O)[C@@H](O)[C@@H]3O)[C@@H](O)[C@@H](O)[C@H]2O)[C@@H](O)[C@@H](O)[C@H]1O. The number of aliphatic hydroxyl groups is 10. The van der Waals surface area contributed by atoms with Crippen molar-refractivity contribution in [3.8, 4) is 0 Å². The molecule has 0 spiro atoms. The summed E-state index contributed by atoms with van der Waals surface area (Å²) < 4.78 is 73.5. The highest BCUT2D eigenvalue weighted by Crippen LogP contribution is 2.49. The lowest BCUT2D eigenvalue weighted by atomic mass is 9.99. The summed E-state index contributed by atoms with van der Waals surface area (Å²) in [6.45, 7) is -3.31. The second-order valence-electron chi connectivity index (χ2n) is 10.1. The molecular weight excluding hydrogens is 709 g/mol. The van der Waals surface area contributed by atoms with Gasteiger partial charge in [0.15, 0.2) is 18.9 Å². The third-order valence-electron chi connectivity index (χ3n) is 6.70. The summed E-state index contributed by atoms with van der Waals surface area (Å²) in [7, 11) is -16.1. The van der Waals surface area contributed by atoms with Crippen LogP contribution in [0.5, 0.6) is 0 Å². The number of rotatable bonds is 13. The minimum atomic E-state index is -5.45.